The fourth-order valence-corrected chi connectivity index (χ4v) is 2.73. The number of aromatic nitrogens is 2. The van der Waals surface area contributed by atoms with Crippen LogP contribution in [0.25, 0.3) is 0 Å². The van der Waals surface area contributed by atoms with Crippen LogP contribution in [0, 0.1) is 5.82 Å². The van der Waals surface area contributed by atoms with Crippen molar-refractivity contribution in [1.82, 2.24) is 15.1 Å². The van der Waals surface area contributed by atoms with Crippen molar-refractivity contribution in [2.45, 2.75) is 25.8 Å². The van der Waals surface area contributed by atoms with Crippen LogP contribution in [0.2, 0.25) is 0 Å². The molecule has 5 heteroatoms. The average molecular weight is 340 g/mol. The quantitative estimate of drug-likeness (QED) is 0.904. The van der Waals surface area contributed by atoms with E-state index < -0.39 is 0 Å². The van der Waals surface area contributed by atoms with Crippen LogP contribution in [-0.4, -0.2) is 16.8 Å². The fraction of sp³-hybridized carbons (Fsp3) is 0.400. The van der Waals surface area contributed by atoms with Crippen molar-refractivity contribution < 1.29 is 4.39 Å². The van der Waals surface area contributed by atoms with E-state index in [2.05, 4.69) is 39.3 Å². The van der Waals surface area contributed by atoms with E-state index in [1.54, 1.807) is 0 Å². The number of aryl methyl sites for hydroxylation is 2. The molecule has 0 bridgehead atoms. The number of halogens is 2. The number of benzene rings is 1. The normalized spacial score (nSPS) is 12.7. The van der Waals surface area contributed by atoms with Crippen molar-refractivity contribution >= 4 is 15.9 Å². The maximum Gasteiger partial charge on any atom is 0.137 e. The summed E-state index contributed by atoms with van der Waals surface area (Å²) in [5.74, 6) is -0.233. The first kappa shape index (κ1) is 15.2. The van der Waals surface area contributed by atoms with Crippen LogP contribution < -0.4 is 5.32 Å². The number of rotatable bonds is 5. The highest BCUT2D eigenvalue weighted by Gasteiger charge is 2.16. The Balaban J connectivity index is 2.23. The number of hydrogen-bond acceptors (Lipinski definition) is 2. The van der Waals surface area contributed by atoms with Crippen LogP contribution in [0.4, 0.5) is 4.39 Å². The molecule has 3 nitrogen and oxygen atoms in total. The summed E-state index contributed by atoms with van der Waals surface area (Å²) >= 11 is 3.23. The minimum absolute atomic E-state index is 0.158. The van der Waals surface area contributed by atoms with Crippen molar-refractivity contribution in [3.8, 4) is 0 Å². The van der Waals surface area contributed by atoms with Crippen molar-refractivity contribution in [2.75, 3.05) is 7.05 Å². The Morgan fingerprint density at radius 2 is 2.15 bits per heavy atom. The third kappa shape index (κ3) is 3.27. The first-order chi connectivity index (χ1) is 9.55. The molecule has 1 N–H and O–H groups in total. The maximum absolute atomic E-state index is 13.3. The summed E-state index contributed by atoms with van der Waals surface area (Å²) in [5.41, 5.74) is 3.31. The van der Waals surface area contributed by atoms with Gasteiger partial charge in [-0.25, -0.2) is 4.39 Å². The molecule has 0 spiro atoms. The third-order valence-corrected chi connectivity index (χ3v) is 4.07. The third-order valence-electron chi connectivity index (χ3n) is 3.46. The topological polar surface area (TPSA) is 29.9 Å². The second-order valence-corrected chi connectivity index (χ2v) is 5.69. The van der Waals surface area contributed by atoms with E-state index in [9.17, 15) is 4.39 Å². The molecular weight excluding hydrogens is 321 g/mol. The molecule has 1 aromatic carbocycles. The minimum atomic E-state index is -0.233. The molecule has 1 aromatic heterocycles. The van der Waals surface area contributed by atoms with Gasteiger partial charge in [-0.2, -0.15) is 5.10 Å². The van der Waals surface area contributed by atoms with Crippen LogP contribution in [0.3, 0.4) is 0 Å². The Kier molecular flexibility index (Phi) is 4.94. The van der Waals surface area contributed by atoms with E-state index in [0.29, 0.717) is 4.47 Å². The fourth-order valence-electron chi connectivity index (χ4n) is 2.30. The van der Waals surface area contributed by atoms with Crippen LogP contribution >= 0.6 is 15.9 Å². The summed E-state index contributed by atoms with van der Waals surface area (Å²) in [6.07, 6.45) is 1.71. The Morgan fingerprint density at radius 3 is 2.70 bits per heavy atom. The van der Waals surface area contributed by atoms with Crippen molar-refractivity contribution in [3.63, 3.8) is 0 Å². The molecule has 0 aliphatic carbocycles. The number of nitrogens with one attached hydrogen (secondary N) is 1. The van der Waals surface area contributed by atoms with Gasteiger partial charge in [0, 0.05) is 7.05 Å². The predicted molar refractivity (Wildman–Crippen MR) is 82.2 cm³/mol. The molecule has 0 aliphatic rings. The summed E-state index contributed by atoms with van der Waals surface area (Å²) < 4.78 is 15.7. The lowest BCUT2D eigenvalue weighted by Gasteiger charge is -2.16. The molecule has 20 heavy (non-hydrogen) atoms. The lowest BCUT2D eigenvalue weighted by atomic mass is 10.0. The zero-order valence-corrected chi connectivity index (χ0v) is 13.5. The van der Waals surface area contributed by atoms with Gasteiger partial charge < -0.3 is 5.32 Å². The summed E-state index contributed by atoms with van der Waals surface area (Å²) in [7, 11) is 3.89. The number of nitrogens with zero attached hydrogens (tertiary/aromatic N) is 2. The van der Waals surface area contributed by atoms with E-state index in [1.807, 2.05) is 30.9 Å². The summed E-state index contributed by atoms with van der Waals surface area (Å²) in [6.45, 7) is 2.09. The standard InChI is InChI=1S/C15H19BrFN3/c1-4-11-9-15(20(3)19-11)14(18-2)8-10-5-6-13(17)12(16)7-10/h5-7,9,14,18H,4,8H2,1-3H3. The van der Waals surface area contributed by atoms with Crippen LogP contribution in [-0.2, 0) is 19.9 Å². The summed E-state index contributed by atoms with van der Waals surface area (Å²) in [5, 5.41) is 7.79. The molecule has 2 rings (SSSR count). The first-order valence-corrected chi connectivity index (χ1v) is 7.48. The molecule has 0 aliphatic heterocycles. The highest BCUT2D eigenvalue weighted by Crippen LogP contribution is 2.22. The van der Waals surface area contributed by atoms with Gasteiger partial charge in [0.15, 0.2) is 0 Å². The molecule has 0 saturated heterocycles. The van der Waals surface area contributed by atoms with Crippen LogP contribution in [0.1, 0.15) is 29.9 Å². The minimum Gasteiger partial charge on any atom is -0.311 e. The van der Waals surface area contributed by atoms with Crippen LogP contribution in [0.5, 0.6) is 0 Å². The second kappa shape index (κ2) is 6.50. The van der Waals surface area contributed by atoms with Crippen molar-refractivity contribution in [3.05, 3.63) is 51.5 Å². The van der Waals surface area contributed by atoms with E-state index in [0.717, 1.165) is 29.8 Å². The molecule has 0 amide bonds. The molecule has 0 saturated carbocycles. The van der Waals surface area contributed by atoms with Gasteiger partial charge in [-0.15, -0.1) is 0 Å². The highest BCUT2D eigenvalue weighted by molar-refractivity contribution is 9.10. The van der Waals surface area contributed by atoms with Gasteiger partial charge in [-0.3, -0.25) is 4.68 Å². The zero-order valence-electron chi connectivity index (χ0n) is 12.0. The largest absolute Gasteiger partial charge is 0.311 e. The van der Waals surface area contributed by atoms with Gasteiger partial charge >= 0.3 is 0 Å². The zero-order chi connectivity index (χ0) is 14.7. The Hall–Kier alpha value is -1.20. The Morgan fingerprint density at radius 1 is 1.40 bits per heavy atom. The van der Waals surface area contributed by atoms with E-state index >= 15 is 0 Å². The first-order valence-electron chi connectivity index (χ1n) is 6.69. The smallest absolute Gasteiger partial charge is 0.137 e. The van der Waals surface area contributed by atoms with E-state index in [-0.39, 0.29) is 11.9 Å². The van der Waals surface area contributed by atoms with Gasteiger partial charge in [0.25, 0.3) is 0 Å². The molecule has 2 aromatic rings. The molecular formula is C15H19BrFN3. The molecule has 0 radical (unpaired) electrons. The summed E-state index contributed by atoms with van der Waals surface area (Å²) in [6, 6.07) is 7.43. The number of likely N-dealkylation sites (N-methyl/N-ethyl adjacent to an activating group) is 1. The van der Waals surface area contributed by atoms with E-state index in [4.69, 9.17) is 0 Å². The highest BCUT2D eigenvalue weighted by atomic mass is 79.9. The predicted octanol–water partition coefficient (Wildman–Crippen LogP) is 3.39. The van der Waals surface area contributed by atoms with Crippen molar-refractivity contribution in [2.24, 2.45) is 7.05 Å². The monoisotopic (exact) mass is 339 g/mol. The van der Waals surface area contributed by atoms with Gasteiger partial charge in [0.1, 0.15) is 5.82 Å². The lowest BCUT2D eigenvalue weighted by Crippen LogP contribution is -2.21. The molecule has 1 unspecified atom stereocenters. The van der Waals surface area contributed by atoms with Gasteiger partial charge in [-0.1, -0.05) is 13.0 Å². The molecule has 1 atom stereocenters. The average Bonchev–Trinajstić information content (AvgIpc) is 2.81. The van der Waals surface area contributed by atoms with Gasteiger partial charge in [0.05, 0.1) is 21.9 Å². The molecule has 1 heterocycles. The summed E-state index contributed by atoms with van der Waals surface area (Å²) in [4.78, 5) is 0. The van der Waals surface area contributed by atoms with Crippen LogP contribution in [0.15, 0.2) is 28.7 Å². The molecule has 108 valence electrons. The van der Waals surface area contributed by atoms with Gasteiger partial charge in [0.2, 0.25) is 0 Å². The number of hydrogen-bond donors (Lipinski definition) is 1. The lowest BCUT2D eigenvalue weighted by molar-refractivity contribution is 0.535. The Bertz CT molecular complexity index is 595. The van der Waals surface area contributed by atoms with E-state index in [1.165, 1.54) is 6.07 Å². The second-order valence-electron chi connectivity index (χ2n) is 4.83. The maximum atomic E-state index is 13.3. The Labute approximate surface area is 127 Å². The van der Waals surface area contributed by atoms with Crippen molar-refractivity contribution in [1.29, 1.82) is 0 Å². The SMILES string of the molecule is CCc1cc(C(Cc2ccc(F)c(Br)c2)NC)n(C)n1. The van der Waals surface area contributed by atoms with Gasteiger partial charge in [-0.05, 0) is 59.6 Å². The molecule has 0 fully saturated rings.